The van der Waals surface area contributed by atoms with Crippen LogP contribution in [-0.4, -0.2) is 40.3 Å². The second-order valence-electron chi connectivity index (χ2n) is 6.62. The standard InChI is InChI=1S/C20H24N4O3/c1-13-21-12-17(19(23-13)18-5-4-10-24(18)14(2)25)20(26)22-11-15-6-8-16(27-3)9-7-15/h6-9,12,18H,4-5,10-11H2,1-3H3,(H,22,26)/t18-/m0/s1. The quantitative estimate of drug-likeness (QED) is 0.876. The van der Waals surface area contributed by atoms with Crippen molar-refractivity contribution in [3.05, 3.63) is 53.1 Å². The first kappa shape index (κ1) is 18.8. The van der Waals surface area contributed by atoms with Crippen molar-refractivity contribution in [2.45, 2.75) is 39.3 Å². The average molecular weight is 368 g/mol. The first-order chi connectivity index (χ1) is 13.0. The number of amides is 2. The third kappa shape index (κ3) is 4.24. The summed E-state index contributed by atoms with van der Waals surface area (Å²) in [6.45, 7) is 4.42. The van der Waals surface area contributed by atoms with Gasteiger partial charge in [0.1, 0.15) is 11.6 Å². The minimum absolute atomic E-state index is 0.00152. The Hall–Kier alpha value is -2.96. The lowest BCUT2D eigenvalue weighted by Gasteiger charge is -2.24. The van der Waals surface area contributed by atoms with Gasteiger partial charge < -0.3 is 15.0 Å². The fourth-order valence-corrected chi connectivity index (χ4v) is 3.37. The van der Waals surface area contributed by atoms with Crippen molar-refractivity contribution in [2.75, 3.05) is 13.7 Å². The van der Waals surface area contributed by atoms with Gasteiger partial charge in [-0.1, -0.05) is 12.1 Å². The maximum atomic E-state index is 12.8. The number of likely N-dealkylation sites (tertiary alicyclic amines) is 1. The highest BCUT2D eigenvalue weighted by Gasteiger charge is 2.32. The number of methoxy groups -OCH3 is 1. The van der Waals surface area contributed by atoms with Gasteiger partial charge in [-0.2, -0.15) is 0 Å². The van der Waals surface area contributed by atoms with E-state index >= 15 is 0 Å². The SMILES string of the molecule is COc1ccc(CNC(=O)c2cnc(C)nc2[C@@H]2CCCN2C(C)=O)cc1. The van der Waals surface area contributed by atoms with Crippen molar-refractivity contribution >= 4 is 11.8 Å². The molecule has 0 bridgehead atoms. The first-order valence-electron chi connectivity index (χ1n) is 9.01. The number of aryl methyl sites for hydroxylation is 1. The van der Waals surface area contributed by atoms with Gasteiger partial charge in [-0.05, 0) is 37.5 Å². The largest absolute Gasteiger partial charge is 0.497 e. The summed E-state index contributed by atoms with van der Waals surface area (Å²) < 4.78 is 5.14. The summed E-state index contributed by atoms with van der Waals surface area (Å²) in [5, 5.41) is 2.92. The van der Waals surface area contributed by atoms with E-state index in [0.717, 1.165) is 24.2 Å². The molecule has 7 heteroatoms. The van der Waals surface area contributed by atoms with E-state index in [4.69, 9.17) is 4.74 Å². The van der Waals surface area contributed by atoms with Gasteiger partial charge in [0.05, 0.1) is 24.4 Å². The molecule has 1 atom stereocenters. The number of hydrogen-bond acceptors (Lipinski definition) is 5. The van der Waals surface area contributed by atoms with Gasteiger partial charge in [0.25, 0.3) is 5.91 Å². The summed E-state index contributed by atoms with van der Waals surface area (Å²) in [7, 11) is 1.61. The van der Waals surface area contributed by atoms with Crippen molar-refractivity contribution in [1.29, 1.82) is 0 Å². The molecule has 2 aromatic rings. The van der Waals surface area contributed by atoms with Gasteiger partial charge in [0, 0.05) is 26.2 Å². The molecule has 0 radical (unpaired) electrons. The molecule has 27 heavy (non-hydrogen) atoms. The van der Waals surface area contributed by atoms with Crippen molar-refractivity contribution in [3.8, 4) is 5.75 Å². The van der Waals surface area contributed by atoms with Crippen LogP contribution in [-0.2, 0) is 11.3 Å². The lowest BCUT2D eigenvalue weighted by atomic mass is 10.0. The van der Waals surface area contributed by atoms with Crippen molar-refractivity contribution < 1.29 is 14.3 Å². The van der Waals surface area contributed by atoms with Gasteiger partial charge in [-0.3, -0.25) is 9.59 Å². The molecule has 2 amide bonds. The minimum Gasteiger partial charge on any atom is -0.497 e. The van der Waals surface area contributed by atoms with E-state index in [2.05, 4.69) is 15.3 Å². The molecule has 1 N–H and O–H groups in total. The Morgan fingerprint density at radius 3 is 2.70 bits per heavy atom. The van der Waals surface area contributed by atoms with E-state index in [1.54, 1.807) is 32.1 Å². The molecule has 0 unspecified atom stereocenters. The van der Waals surface area contributed by atoms with E-state index < -0.39 is 0 Å². The van der Waals surface area contributed by atoms with Crippen LogP contribution in [0.25, 0.3) is 0 Å². The summed E-state index contributed by atoms with van der Waals surface area (Å²) >= 11 is 0. The van der Waals surface area contributed by atoms with Crippen LogP contribution in [0.3, 0.4) is 0 Å². The van der Waals surface area contributed by atoms with Crippen molar-refractivity contribution in [2.24, 2.45) is 0 Å². The molecule has 0 spiro atoms. The smallest absolute Gasteiger partial charge is 0.255 e. The Morgan fingerprint density at radius 1 is 1.30 bits per heavy atom. The zero-order valence-electron chi connectivity index (χ0n) is 15.9. The minimum atomic E-state index is -0.240. The maximum Gasteiger partial charge on any atom is 0.255 e. The molecule has 2 heterocycles. The Labute approximate surface area is 158 Å². The second kappa shape index (κ2) is 8.16. The number of rotatable bonds is 5. The molecule has 0 aliphatic carbocycles. The van der Waals surface area contributed by atoms with Crippen LogP contribution in [0, 0.1) is 6.92 Å². The monoisotopic (exact) mass is 368 g/mol. The van der Waals surface area contributed by atoms with E-state index in [-0.39, 0.29) is 17.9 Å². The summed E-state index contributed by atoms with van der Waals surface area (Å²) in [5.41, 5.74) is 2.01. The predicted octanol–water partition coefficient (Wildman–Crippen LogP) is 2.41. The highest BCUT2D eigenvalue weighted by Crippen LogP contribution is 2.32. The number of carbonyl (C=O) groups is 2. The van der Waals surface area contributed by atoms with Crippen LogP contribution in [0.1, 0.15) is 53.2 Å². The normalized spacial score (nSPS) is 16.3. The third-order valence-electron chi connectivity index (χ3n) is 4.77. The van der Waals surface area contributed by atoms with E-state index in [1.165, 1.54) is 0 Å². The molecule has 3 rings (SSSR count). The number of carbonyl (C=O) groups excluding carboxylic acids is 2. The third-order valence-corrected chi connectivity index (χ3v) is 4.77. The number of hydrogen-bond donors (Lipinski definition) is 1. The van der Waals surface area contributed by atoms with Gasteiger partial charge >= 0.3 is 0 Å². The Kier molecular flexibility index (Phi) is 5.69. The van der Waals surface area contributed by atoms with E-state index in [1.807, 2.05) is 24.3 Å². The van der Waals surface area contributed by atoms with Gasteiger partial charge in [0.2, 0.25) is 5.91 Å². The molecule has 1 aliphatic rings. The Morgan fingerprint density at radius 2 is 2.04 bits per heavy atom. The zero-order valence-corrected chi connectivity index (χ0v) is 15.9. The summed E-state index contributed by atoms with van der Waals surface area (Å²) in [5.74, 6) is 1.12. The molecular weight excluding hydrogens is 344 g/mol. The molecular formula is C20H24N4O3. The van der Waals surface area contributed by atoms with Crippen LogP contribution < -0.4 is 10.1 Å². The van der Waals surface area contributed by atoms with Crippen LogP contribution in [0.2, 0.25) is 0 Å². The fraction of sp³-hybridized carbons (Fsp3) is 0.400. The highest BCUT2D eigenvalue weighted by atomic mass is 16.5. The molecule has 1 aromatic heterocycles. The van der Waals surface area contributed by atoms with Crippen molar-refractivity contribution in [3.63, 3.8) is 0 Å². The number of nitrogens with zero attached hydrogens (tertiary/aromatic N) is 3. The topological polar surface area (TPSA) is 84.4 Å². The predicted molar refractivity (Wildman–Crippen MR) is 100 cm³/mol. The summed E-state index contributed by atoms with van der Waals surface area (Å²) in [6, 6.07) is 7.34. The Bertz CT molecular complexity index is 836. The van der Waals surface area contributed by atoms with Crippen LogP contribution in [0.15, 0.2) is 30.5 Å². The van der Waals surface area contributed by atoms with Crippen LogP contribution in [0.4, 0.5) is 0 Å². The first-order valence-corrected chi connectivity index (χ1v) is 9.01. The Balaban J connectivity index is 1.79. The molecule has 7 nitrogen and oxygen atoms in total. The molecule has 142 valence electrons. The maximum absolute atomic E-state index is 12.8. The lowest BCUT2D eigenvalue weighted by Crippen LogP contribution is -2.32. The van der Waals surface area contributed by atoms with E-state index in [0.29, 0.717) is 30.2 Å². The fourth-order valence-electron chi connectivity index (χ4n) is 3.37. The number of nitrogens with one attached hydrogen (secondary N) is 1. The van der Waals surface area contributed by atoms with Crippen LogP contribution >= 0.6 is 0 Å². The van der Waals surface area contributed by atoms with E-state index in [9.17, 15) is 9.59 Å². The van der Waals surface area contributed by atoms with Crippen LogP contribution in [0.5, 0.6) is 5.75 Å². The zero-order chi connectivity index (χ0) is 19.4. The lowest BCUT2D eigenvalue weighted by molar-refractivity contribution is -0.129. The number of ether oxygens (including phenoxy) is 1. The average Bonchev–Trinajstić information content (AvgIpc) is 3.16. The van der Waals surface area contributed by atoms with Gasteiger partial charge in [-0.25, -0.2) is 9.97 Å². The number of benzene rings is 1. The van der Waals surface area contributed by atoms with Gasteiger partial charge in [-0.15, -0.1) is 0 Å². The number of aromatic nitrogens is 2. The molecule has 0 saturated carbocycles. The van der Waals surface area contributed by atoms with Crippen molar-refractivity contribution in [1.82, 2.24) is 20.2 Å². The molecule has 1 aliphatic heterocycles. The second-order valence-corrected chi connectivity index (χ2v) is 6.62. The summed E-state index contributed by atoms with van der Waals surface area (Å²) in [4.78, 5) is 35.2. The molecule has 1 fully saturated rings. The van der Waals surface area contributed by atoms with Gasteiger partial charge in [0.15, 0.2) is 0 Å². The highest BCUT2D eigenvalue weighted by molar-refractivity contribution is 5.95. The summed E-state index contributed by atoms with van der Waals surface area (Å²) in [6.07, 6.45) is 3.26. The molecule has 1 saturated heterocycles. The molecule has 1 aromatic carbocycles.